The number of rotatable bonds is 9. The molecule has 2 rings (SSSR count). The Labute approximate surface area is 173 Å². The van der Waals surface area contributed by atoms with Crippen LogP contribution in [0.15, 0.2) is 30.5 Å². The average molecular weight is 427 g/mol. The van der Waals surface area contributed by atoms with E-state index in [-0.39, 0.29) is 30.9 Å². The van der Waals surface area contributed by atoms with Crippen molar-refractivity contribution in [3.8, 4) is 0 Å². The van der Waals surface area contributed by atoms with Crippen LogP contribution in [-0.2, 0) is 0 Å². The number of aromatic nitrogens is 1. The molecule has 0 saturated carbocycles. The highest BCUT2D eigenvalue weighted by Crippen LogP contribution is 2.25. The summed E-state index contributed by atoms with van der Waals surface area (Å²) in [6.45, 7) is 7.73. The SMILES string of the molecule is CCN(CC)CCC[C@@H](CCl)Nc1ccnc2cc(Cl)ccc12.Cl.Cl. The van der Waals surface area contributed by atoms with Gasteiger partial charge in [0.05, 0.1) is 5.52 Å². The molecule has 1 heterocycles. The number of alkyl halides is 1. The van der Waals surface area contributed by atoms with Gasteiger partial charge in [0.1, 0.15) is 0 Å². The third-order valence-corrected chi connectivity index (χ3v) is 4.78. The highest BCUT2D eigenvalue weighted by Gasteiger charge is 2.10. The van der Waals surface area contributed by atoms with Gasteiger partial charge >= 0.3 is 0 Å². The molecule has 0 saturated heterocycles. The molecule has 142 valence electrons. The zero-order valence-corrected chi connectivity index (χ0v) is 17.8. The standard InChI is InChI=1S/C18H25Cl2N3.2ClH/c1-3-23(4-2)11-5-6-15(13-19)22-17-9-10-21-18-12-14(20)7-8-16(17)18;;/h7-10,12,15H,3-6,11,13H2,1-2H3,(H,21,22);2*1H/t15-;;/m0../s1. The first-order valence-corrected chi connectivity index (χ1v) is 9.18. The van der Waals surface area contributed by atoms with Crippen molar-refractivity contribution in [1.82, 2.24) is 9.88 Å². The van der Waals surface area contributed by atoms with Crippen molar-refractivity contribution < 1.29 is 0 Å². The molecule has 7 heteroatoms. The quantitative estimate of drug-likeness (QED) is 0.508. The number of anilines is 1. The van der Waals surface area contributed by atoms with Crippen LogP contribution < -0.4 is 5.32 Å². The van der Waals surface area contributed by atoms with Crippen LogP contribution in [0.1, 0.15) is 26.7 Å². The molecule has 0 amide bonds. The summed E-state index contributed by atoms with van der Waals surface area (Å²) in [6, 6.07) is 8.05. The topological polar surface area (TPSA) is 28.2 Å². The lowest BCUT2D eigenvalue weighted by Crippen LogP contribution is -2.27. The molecule has 0 aliphatic rings. The lowest BCUT2D eigenvalue weighted by molar-refractivity contribution is 0.295. The van der Waals surface area contributed by atoms with Crippen molar-refractivity contribution in [3.05, 3.63) is 35.5 Å². The molecule has 1 aromatic heterocycles. The van der Waals surface area contributed by atoms with Gasteiger partial charge in [-0.1, -0.05) is 25.4 Å². The van der Waals surface area contributed by atoms with Gasteiger partial charge in [-0.05, 0) is 56.7 Å². The second-order valence-corrected chi connectivity index (χ2v) is 6.43. The largest absolute Gasteiger partial charge is 0.381 e. The van der Waals surface area contributed by atoms with Crippen molar-refractivity contribution in [2.24, 2.45) is 0 Å². The maximum absolute atomic E-state index is 6.16. The summed E-state index contributed by atoms with van der Waals surface area (Å²) in [5.41, 5.74) is 1.97. The average Bonchev–Trinajstić information content (AvgIpc) is 2.57. The zero-order valence-electron chi connectivity index (χ0n) is 14.7. The number of halogens is 4. The van der Waals surface area contributed by atoms with Gasteiger partial charge in [0, 0.05) is 34.2 Å². The number of nitrogens with one attached hydrogen (secondary N) is 1. The molecule has 0 aliphatic heterocycles. The van der Waals surface area contributed by atoms with Gasteiger partial charge < -0.3 is 10.2 Å². The number of fused-ring (bicyclic) bond motifs is 1. The van der Waals surface area contributed by atoms with Crippen molar-refractivity contribution in [2.75, 3.05) is 30.8 Å². The first-order chi connectivity index (χ1) is 11.2. The third-order valence-electron chi connectivity index (χ3n) is 4.17. The van der Waals surface area contributed by atoms with Crippen LogP contribution in [0, 0.1) is 0 Å². The summed E-state index contributed by atoms with van der Waals surface area (Å²) in [5.74, 6) is 0.593. The predicted molar refractivity (Wildman–Crippen MR) is 116 cm³/mol. The Morgan fingerprint density at radius 2 is 1.88 bits per heavy atom. The van der Waals surface area contributed by atoms with E-state index in [1.165, 1.54) is 0 Å². The minimum atomic E-state index is 0. The number of benzene rings is 1. The molecule has 1 aromatic carbocycles. The van der Waals surface area contributed by atoms with Gasteiger partial charge in [-0.2, -0.15) is 0 Å². The van der Waals surface area contributed by atoms with Crippen LogP contribution >= 0.6 is 48.0 Å². The lowest BCUT2D eigenvalue weighted by Gasteiger charge is -2.22. The molecule has 0 bridgehead atoms. The predicted octanol–water partition coefficient (Wildman–Crippen LogP) is 5.87. The number of hydrogen-bond donors (Lipinski definition) is 1. The molecule has 3 nitrogen and oxygen atoms in total. The minimum Gasteiger partial charge on any atom is -0.381 e. The van der Waals surface area contributed by atoms with E-state index in [1.807, 2.05) is 30.5 Å². The van der Waals surface area contributed by atoms with E-state index in [9.17, 15) is 0 Å². The maximum atomic E-state index is 6.16. The van der Waals surface area contributed by atoms with E-state index in [4.69, 9.17) is 23.2 Å². The summed E-state index contributed by atoms with van der Waals surface area (Å²) in [4.78, 5) is 6.82. The van der Waals surface area contributed by atoms with Gasteiger partial charge in [-0.3, -0.25) is 4.98 Å². The highest BCUT2D eigenvalue weighted by atomic mass is 35.5. The van der Waals surface area contributed by atoms with E-state index in [1.54, 1.807) is 0 Å². The van der Waals surface area contributed by atoms with Gasteiger partial charge in [0.15, 0.2) is 0 Å². The van der Waals surface area contributed by atoms with Crippen LogP contribution in [0.4, 0.5) is 5.69 Å². The normalized spacial score (nSPS) is 11.7. The summed E-state index contributed by atoms with van der Waals surface area (Å²) in [7, 11) is 0. The summed E-state index contributed by atoms with van der Waals surface area (Å²) in [5, 5.41) is 5.35. The second-order valence-electron chi connectivity index (χ2n) is 5.68. The summed E-state index contributed by atoms with van der Waals surface area (Å²) in [6.07, 6.45) is 4.00. The second kappa shape index (κ2) is 12.8. The third kappa shape index (κ3) is 7.36. The van der Waals surface area contributed by atoms with E-state index in [0.29, 0.717) is 10.9 Å². The smallest absolute Gasteiger partial charge is 0.0737 e. The Balaban J connectivity index is 0.00000288. The Kier molecular flexibility index (Phi) is 12.6. The van der Waals surface area contributed by atoms with Gasteiger partial charge in [-0.15, -0.1) is 36.4 Å². The van der Waals surface area contributed by atoms with Crippen molar-refractivity contribution in [3.63, 3.8) is 0 Å². The highest BCUT2D eigenvalue weighted by molar-refractivity contribution is 6.31. The van der Waals surface area contributed by atoms with Gasteiger partial charge in [0.2, 0.25) is 0 Å². The number of nitrogens with zero attached hydrogens (tertiary/aromatic N) is 2. The van der Waals surface area contributed by atoms with E-state index in [2.05, 4.69) is 29.0 Å². The fourth-order valence-electron chi connectivity index (χ4n) is 2.76. The summed E-state index contributed by atoms with van der Waals surface area (Å²) >= 11 is 12.2. The molecule has 0 radical (unpaired) electrons. The molecule has 2 aromatic rings. The Morgan fingerprint density at radius 1 is 1.16 bits per heavy atom. The van der Waals surface area contributed by atoms with Crippen LogP contribution in [0.25, 0.3) is 10.9 Å². The first-order valence-electron chi connectivity index (χ1n) is 8.27. The Bertz CT molecular complexity index is 620. The minimum absolute atomic E-state index is 0. The van der Waals surface area contributed by atoms with E-state index < -0.39 is 0 Å². The lowest BCUT2D eigenvalue weighted by atomic mass is 10.1. The molecule has 1 N–H and O–H groups in total. The molecule has 25 heavy (non-hydrogen) atoms. The van der Waals surface area contributed by atoms with Crippen LogP contribution in [0.3, 0.4) is 0 Å². The van der Waals surface area contributed by atoms with Gasteiger partial charge in [0.25, 0.3) is 0 Å². The zero-order chi connectivity index (χ0) is 16.7. The fraction of sp³-hybridized carbons (Fsp3) is 0.500. The van der Waals surface area contributed by atoms with Crippen LogP contribution in [0.5, 0.6) is 0 Å². The molecular formula is C18H27Cl4N3. The Hall–Kier alpha value is -0.450. The van der Waals surface area contributed by atoms with Crippen molar-refractivity contribution in [1.29, 1.82) is 0 Å². The van der Waals surface area contributed by atoms with E-state index in [0.717, 1.165) is 49.1 Å². The maximum Gasteiger partial charge on any atom is 0.0737 e. The fourth-order valence-corrected chi connectivity index (χ4v) is 3.15. The monoisotopic (exact) mass is 425 g/mol. The summed E-state index contributed by atoms with van der Waals surface area (Å²) < 4.78 is 0. The Morgan fingerprint density at radius 3 is 2.52 bits per heavy atom. The van der Waals surface area contributed by atoms with Crippen molar-refractivity contribution >= 4 is 64.6 Å². The van der Waals surface area contributed by atoms with Gasteiger partial charge in [-0.25, -0.2) is 0 Å². The number of pyridine rings is 1. The van der Waals surface area contributed by atoms with Crippen LogP contribution in [-0.4, -0.2) is 41.4 Å². The molecule has 0 unspecified atom stereocenters. The molecule has 0 spiro atoms. The van der Waals surface area contributed by atoms with E-state index >= 15 is 0 Å². The number of hydrogen-bond acceptors (Lipinski definition) is 3. The molecular weight excluding hydrogens is 400 g/mol. The van der Waals surface area contributed by atoms with Crippen molar-refractivity contribution in [2.45, 2.75) is 32.7 Å². The molecule has 0 fully saturated rings. The molecule has 1 atom stereocenters. The first kappa shape index (κ1) is 24.6. The molecule has 0 aliphatic carbocycles. The van der Waals surface area contributed by atoms with Crippen LogP contribution in [0.2, 0.25) is 5.02 Å².